The molecule has 0 radical (unpaired) electrons. The third kappa shape index (κ3) is 4.02. The quantitative estimate of drug-likeness (QED) is 0.805. The lowest BCUT2D eigenvalue weighted by atomic mass is 10.3. The molecule has 0 bridgehead atoms. The van der Waals surface area contributed by atoms with Gasteiger partial charge in [0.2, 0.25) is 0 Å². The highest BCUT2D eigenvalue weighted by atomic mass is 79.9. The summed E-state index contributed by atoms with van der Waals surface area (Å²) in [6.45, 7) is 0.426. The standard InChI is InChI=1S/C12H13BrFN3O3S/c13-11-6-9(14)2-3-12(11)16-21(19,20)10-7-15-17(8-10)4-1-5-18/h2-3,6-8,16,18H,1,4-5H2. The Morgan fingerprint density at radius 3 is 2.86 bits per heavy atom. The number of aromatic nitrogens is 2. The second kappa shape index (κ2) is 6.54. The van der Waals surface area contributed by atoms with Crippen molar-refractivity contribution in [1.29, 1.82) is 0 Å². The highest BCUT2D eigenvalue weighted by Gasteiger charge is 2.18. The van der Waals surface area contributed by atoms with E-state index in [1.807, 2.05) is 0 Å². The second-order valence-electron chi connectivity index (χ2n) is 4.25. The van der Waals surface area contributed by atoms with Crippen molar-refractivity contribution in [2.45, 2.75) is 17.9 Å². The van der Waals surface area contributed by atoms with Crippen molar-refractivity contribution < 1.29 is 17.9 Å². The molecule has 2 N–H and O–H groups in total. The minimum atomic E-state index is -3.80. The zero-order valence-electron chi connectivity index (χ0n) is 10.8. The Morgan fingerprint density at radius 1 is 1.43 bits per heavy atom. The van der Waals surface area contributed by atoms with Crippen LogP contribution in [-0.2, 0) is 16.6 Å². The van der Waals surface area contributed by atoms with Gasteiger partial charge in [0.05, 0.1) is 11.9 Å². The molecular weight excluding hydrogens is 365 g/mol. The molecule has 114 valence electrons. The number of sulfonamides is 1. The van der Waals surface area contributed by atoms with Crippen LogP contribution in [0, 0.1) is 5.82 Å². The van der Waals surface area contributed by atoms with Crippen LogP contribution in [0.1, 0.15) is 6.42 Å². The van der Waals surface area contributed by atoms with Crippen LogP contribution in [0.4, 0.5) is 10.1 Å². The molecule has 0 fully saturated rings. The summed E-state index contributed by atoms with van der Waals surface area (Å²) in [5, 5.41) is 12.6. The van der Waals surface area contributed by atoms with Gasteiger partial charge < -0.3 is 5.11 Å². The maximum absolute atomic E-state index is 13.0. The molecule has 0 saturated carbocycles. The van der Waals surface area contributed by atoms with Crippen LogP contribution < -0.4 is 4.72 Å². The van der Waals surface area contributed by atoms with Gasteiger partial charge in [-0.1, -0.05) is 0 Å². The molecule has 0 spiro atoms. The van der Waals surface area contributed by atoms with E-state index in [9.17, 15) is 12.8 Å². The van der Waals surface area contributed by atoms with Crippen molar-refractivity contribution in [1.82, 2.24) is 9.78 Å². The normalized spacial score (nSPS) is 11.6. The molecule has 0 aliphatic carbocycles. The van der Waals surface area contributed by atoms with Crippen LogP contribution >= 0.6 is 15.9 Å². The first-order chi connectivity index (χ1) is 9.92. The van der Waals surface area contributed by atoms with E-state index in [1.165, 1.54) is 29.2 Å². The summed E-state index contributed by atoms with van der Waals surface area (Å²) in [7, 11) is -3.80. The number of hydrogen-bond acceptors (Lipinski definition) is 4. The summed E-state index contributed by atoms with van der Waals surface area (Å²) in [5.41, 5.74) is 0.236. The Labute approximate surface area is 129 Å². The maximum Gasteiger partial charge on any atom is 0.265 e. The van der Waals surface area contributed by atoms with E-state index >= 15 is 0 Å². The number of anilines is 1. The number of halogens is 2. The lowest BCUT2D eigenvalue weighted by molar-refractivity contribution is 0.277. The summed E-state index contributed by atoms with van der Waals surface area (Å²) >= 11 is 3.10. The average Bonchev–Trinajstić information content (AvgIpc) is 2.89. The third-order valence-electron chi connectivity index (χ3n) is 2.64. The van der Waals surface area contributed by atoms with Crippen molar-refractivity contribution in [2.24, 2.45) is 0 Å². The Balaban J connectivity index is 2.19. The SMILES string of the molecule is O=S(=O)(Nc1ccc(F)cc1Br)c1cnn(CCCO)c1. The van der Waals surface area contributed by atoms with Crippen LogP contribution in [0.5, 0.6) is 0 Å². The number of aliphatic hydroxyl groups excluding tert-OH is 1. The number of aryl methyl sites for hydroxylation is 1. The van der Waals surface area contributed by atoms with Gasteiger partial charge in [-0.3, -0.25) is 9.40 Å². The number of benzene rings is 1. The first-order valence-corrected chi connectivity index (χ1v) is 8.31. The smallest absolute Gasteiger partial charge is 0.265 e. The molecule has 1 heterocycles. The molecule has 0 aliphatic heterocycles. The van der Waals surface area contributed by atoms with Gasteiger partial charge in [0.25, 0.3) is 10.0 Å². The van der Waals surface area contributed by atoms with Crippen LogP contribution in [0.25, 0.3) is 0 Å². The van der Waals surface area contributed by atoms with Gasteiger partial charge in [-0.2, -0.15) is 5.10 Å². The number of nitrogens with one attached hydrogen (secondary N) is 1. The van der Waals surface area contributed by atoms with Gasteiger partial charge in [0.1, 0.15) is 10.7 Å². The van der Waals surface area contributed by atoms with Gasteiger partial charge in [0, 0.05) is 23.8 Å². The molecule has 0 amide bonds. The Bertz CT molecular complexity index is 733. The third-order valence-corrected chi connectivity index (χ3v) is 4.62. The molecule has 1 aromatic carbocycles. The minimum absolute atomic E-state index is 0.00270. The predicted octanol–water partition coefficient (Wildman–Crippen LogP) is 1.97. The molecule has 2 rings (SSSR count). The summed E-state index contributed by atoms with van der Waals surface area (Å²) in [5.74, 6) is -0.471. The average molecular weight is 378 g/mol. The van der Waals surface area contributed by atoms with Crippen molar-refractivity contribution >= 4 is 31.6 Å². The topological polar surface area (TPSA) is 84.2 Å². The second-order valence-corrected chi connectivity index (χ2v) is 6.78. The van der Waals surface area contributed by atoms with Gasteiger partial charge in [0.15, 0.2) is 0 Å². The van der Waals surface area contributed by atoms with Gasteiger partial charge in [-0.15, -0.1) is 0 Å². The molecular formula is C12H13BrFN3O3S. The van der Waals surface area contributed by atoms with Gasteiger partial charge in [-0.05, 0) is 40.5 Å². The van der Waals surface area contributed by atoms with Crippen molar-refractivity contribution in [3.8, 4) is 0 Å². The monoisotopic (exact) mass is 377 g/mol. The largest absolute Gasteiger partial charge is 0.396 e. The van der Waals surface area contributed by atoms with E-state index in [0.29, 0.717) is 17.4 Å². The van der Waals surface area contributed by atoms with Crippen LogP contribution in [-0.4, -0.2) is 29.9 Å². The van der Waals surface area contributed by atoms with E-state index in [4.69, 9.17) is 5.11 Å². The Hall–Kier alpha value is -1.45. The number of nitrogens with zero attached hydrogens (tertiary/aromatic N) is 2. The summed E-state index contributed by atoms with van der Waals surface area (Å²) in [6, 6.07) is 3.66. The molecule has 2 aromatic rings. The Kier molecular flexibility index (Phi) is 4.96. The molecule has 9 heteroatoms. The highest BCUT2D eigenvalue weighted by Crippen LogP contribution is 2.25. The van der Waals surface area contributed by atoms with Crippen LogP contribution in [0.2, 0.25) is 0 Å². The van der Waals surface area contributed by atoms with Crippen molar-refractivity contribution in [2.75, 3.05) is 11.3 Å². The van der Waals surface area contributed by atoms with Crippen LogP contribution in [0.15, 0.2) is 40.0 Å². The van der Waals surface area contributed by atoms with Crippen molar-refractivity contribution in [3.05, 3.63) is 40.9 Å². The lowest BCUT2D eigenvalue weighted by Crippen LogP contribution is -2.13. The first kappa shape index (κ1) is 15.9. The van der Waals surface area contributed by atoms with Gasteiger partial charge in [-0.25, -0.2) is 12.8 Å². The zero-order chi connectivity index (χ0) is 15.5. The summed E-state index contributed by atoms with van der Waals surface area (Å²) in [4.78, 5) is -0.00309. The summed E-state index contributed by atoms with van der Waals surface area (Å²) in [6.07, 6.45) is 3.07. The van der Waals surface area contributed by atoms with E-state index in [1.54, 1.807) is 0 Å². The number of hydrogen-bond donors (Lipinski definition) is 2. The fourth-order valence-electron chi connectivity index (χ4n) is 1.61. The molecule has 0 saturated heterocycles. The molecule has 0 unspecified atom stereocenters. The summed E-state index contributed by atoms with van der Waals surface area (Å²) < 4.78 is 41.5. The van der Waals surface area contributed by atoms with E-state index in [0.717, 1.165) is 6.07 Å². The van der Waals surface area contributed by atoms with E-state index in [-0.39, 0.29) is 17.2 Å². The van der Waals surface area contributed by atoms with Crippen molar-refractivity contribution in [3.63, 3.8) is 0 Å². The molecule has 0 aliphatic rings. The fourth-order valence-corrected chi connectivity index (χ4v) is 3.23. The highest BCUT2D eigenvalue weighted by molar-refractivity contribution is 9.10. The van der Waals surface area contributed by atoms with Gasteiger partial charge >= 0.3 is 0 Å². The van der Waals surface area contributed by atoms with E-state index < -0.39 is 15.8 Å². The number of aliphatic hydroxyl groups is 1. The molecule has 0 atom stereocenters. The lowest BCUT2D eigenvalue weighted by Gasteiger charge is -2.08. The predicted molar refractivity (Wildman–Crippen MR) is 78.8 cm³/mol. The van der Waals surface area contributed by atoms with Crippen LogP contribution in [0.3, 0.4) is 0 Å². The zero-order valence-corrected chi connectivity index (χ0v) is 13.2. The fraction of sp³-hybridized carbons (Fsp3) is 0.250. The number of rotatable bonds is 6. The molecule has 6 nitrogen and oxygen atoms in total. The first-order valence-electron chi connectivity index (χ1n) is 6.03. The van der Waals surface area contributed by atoms with E-state index in [2.05, 4.69) is 25.8 Å². The molecule has 21 heavy (non-hydrogen) atoms. The Morgan fingerprint density at radius 2 is 2.19 bits per heavy atom. The minimum Gasteiger partial charge on any atom is -0.396 e. The maximum atomic E-state index is 13.0. The molecule has 1 aromatic heterocycles.